The Bertz CT molecular complexity index is 864. The maximum absolute atomic E-state index is 12.4. The lowest BCUT2D eigenvalue weighted by molar-refractivity contribution is 0.101. The lowest BCUT2D eigenvalue weighted by Crippen LogP contribution is -2.28. The number of hydrogen-bond acceptors (Lipinski definition) is 5. The van der Waals surface area contributed by atoms with Gasteiger partial charge in [0.1, 0.15) is 0 Å². The predicted octanol–water partition coefficient (Wildman–Crippen LogP) is 0.908. The van der Waals surface area contributed by atoms with Crippen LogP contribution in [0.3, 0.4) is 0 Å². The van der Waals surface area contributed by atoms with E-state index in [2.05, 4.69) is 4.72 Å². The third kappa shape index (κ3) is 3.14. The molecule has 0 aromatic heterocycles. The minimum atomic E-state index is -3.77. The Kier molecular flexibility index (Phi) is 3.97. The number of nitrogens with one attached hydrogen (secondary N) is 1. The van der Waals surface area contributed by atoms with Crippen molar-refractivity contribution in [3.05, 3.63) is 53.6 Å². The average Bonchev–Trinajstić information content (AvgIpc) is 2.88. The standard InChI is InChI=1S/C15H14BNO5S/c1-10(18)11-3-6-14(7-4-11)23(20,21)17-13-5-2-12-9-22-16(19)15(12)8-13/h2-8,17,19H,9H2,1H3. The number of rotatable bonds is 4. The molecule has 0 radical (unpaired) electrons. The Morgan fingerprint density at radius 2 is 1.91 bits per heavy atom. The molecule has 2 aromatic carbocycles. The fourth-order valence-corrected chi connectivity index (χ4v) is 3.41. The second-order valence-corrected chi connectivity index (χ2v) is 6.95. The summed E-state index contributed by atoms with van der Waals surface area (Å²) < 4.78 is 32.3. The highest BCUT2D eigenvalue weighted by molar-refractivity contribution is 7.92. The highest BCUT2D eigenvalue weighted by atomic mass is 32.2. The smallest absolute Gasteiger partial charge is 0.423 e. The average molecular weight is 331 g/mol. The van der Waals surface area contributed by atoms with Crippen LogP contribution in [-0.4, -0.2) is 26.3 Å². The normalized spacial score (nSPS) is 13.7. The second kappa shape index (κ2) is 5.80. The number of fused-ring (bicyclic) bond motifs is 1. The predicted molar refractivity (Wildman–Crippen MR) is 86.1 cm³/mol. The first-order chi connectivity index (χ1) is 10.9. The molecule has 23 heavy (non-hydrogen) atoms. The van der Waals surface area contributed by atoms with Crippen molar-refractivity contribution in [3.63, 3.8) is 0 Å². The van der Waals surface area contributed by atoms with Gasteiger partial charge in [0.25, 0.3) is 10.0 Å². The third-order valence-corrected chi connectivity index (χ3v) is 5.03. The monoisotopic (exact) mass is 331 g/mol. The molecule has 0 saturated heterocycles. The van der Waals surface area contributed by atoms with Crippen molar-refractivity contribution >= 4 is 34.1 Å². The first-order valence-electron chi connectivity index (χ1n) is 6.93. The van der Waals surface area contributed by atoms with Gasteiger partial charge in [-0.1, -0.05) is 18.2 Å². The van der Waals surface area contributed by atoms with E-state index in [1.54, 1.807) is 18.2 Å². The van der Waals surface area contributed by atoms with Crippen molar-refractivity contribution in [2.75, 3.05) is 4.72 Å². The van der Waals surface area contributed by atoms with Crippen molar-refractivity contribution < 1.29 is 22.9 Å². The molecule has 3 rings (SSSR count). The highest BCUT2D eigenvalue weighted by Gasteiger charge is 2.27. The van der Waals surface area contributed by atoms with E-state index in [9.17, 15) is 18.2 Å². The molecular formula is C15H14BNO5S. The van der Waals surface area contributed by atoms with Gasteiger partial charge in [-0.15, -0.1) is 0 Å². The van der Waals surface area contributed by atoms with E-state index in [0.717, 1.165) is 5.56 Å². The van der Waals surface area contributed by atoms with Gasteiger partial charge < -0.3 is 9.68 Å². The van der Waals surface area contributed by atoms with Gasteiger partial charge >= 0.3 is 7.12 Å². The van der Waals surface area contributed by atoms with E-state index in [-0.39, 0.29) is 10.7 Å². The molecule has 1 aliphatic rings. The fraction of sp³-hybridized carbons (Fsp3) is 0.133. The Balaban J connectivity index is 1.86. The van der Waals surface area contributed by atoms with Crippen LogP contribution in [0.15, 0.2) is 47.4 Å². The van der Waals surface area contributed by atoms with Crippen LogP contribution in [0.1, 0.15) is 22.8 Å². The summed E-state index contributed by atoms with van der Waals surface area (Å²) in [4.78, 5) is 11.3. The third-order valence-electron chi connectivity index (χ3n) is 3.63. The van der Waals surface area contributed by atoms with E-state index in [4.69, 9.17) is 4.65 Å². The quantitative estimate of drug-likeness (QED) is 0.642. The van der Waals surface area contributed by atoms with Gasteiger partial charge in [0.15, 0.2) is 5.78 Å². The molecule has 0 amide bonds. The summed E-state index contributed by atoms with van der Waals surface area (Å²) in [5.74, 6) is -0.130. The fourth-order valence-electron chi connectivity index (χ4n) is 2.36. The SMILES string of the molecule is CC(=O)c1ccc(S(=O)(=O)Nc2ccc3c(c2)B(O)OC3)cc1. The molecule has 8 heteroatoms. The van der Waals surface area contributed by atoms with Crippen LogP contribution >= 0.6 is 0 Å². The zero-order chi connectivity index (χ0) is 16.6. The summed E-state index contributed by atoms with van der Waals surface area (Å²) in [5, 5.41) is 9.67. The largest absolute Gasteiger partial charge is 0.491 e. The zero-order valence-corrected chi connectivity index (χ0v) is 13.1. The number of sulfonamides is 1. The van der Waals surface area contributed by atoms with E-state index < -0.39 is 17.1 Å². The molecular weight excluding hydrogens is 317 g/mol. The topological polar surface area (TPSA) is 92.7 Å². The molecule has 0 bridgehead atoms. The molecule has 2 aromatic rings. The summed E-state index contributed by atoms with van der Waals surface area (Å²) in [5.41, 5.74) is 2.16. The van der Waals surface area contributed by atoms with Gasteiger partial charge in [0, 0.05) is 11.3 Å². The summed E-state index contributed by atoms with van der Waals surface area (Å²) in [6, 6.07) is 10.6. The first kappa shape index (κ1) is 15.7. The number of carbonyl (C=O) groups is 1. The molecule has 0 fully saturated rings. The molecule has 6 nitrogen and oxygen atoms in total. The van der Waals surface area contributed by atoms with Gasteiger partial charge in [-0.2, -0.15) is 0 Å². The van der Waals surface area contributed by atoms with Gasteiger partial charge in [0.05, 0.1) is 11.5 Å². The van der Waals surface area contributed by atoms with E-state index in [1.807, 2.05) is 0 Å². The van der Waals surface area contributed by atoms with Gasteiger partial charge in [-0.3, -0.25) is 9.52 Å². The number of hydrogen-bond donors (Lipinski definition) is 2. The van der Waals surface area contributed by atoms with Gasteiger partial charge in [-0.25, -0.2) is 8.42 Å². The second-order valence-electron chi connectivity index (χ2n) is 5.26. The maximum atomic E-state index is 12.4. The first-order valence-corrected chi connectivity index (χ1v) is 8.41. The van der Waals surface area contributed by atoms with Crippen LogP contribution in [0.4, 0.5) is 5.69 Å². The lowest BCUT2D eigenvalue weighted by atomic mass is 9.79. The molecule has 1 heterocycles. The summed E-state index contributed by atoms with van der Waals surface area (Å²) >= 11 is 0. The number of benzene rings is 2. The van der Waals surface area contributed by atoms with Crippen LogP contribution in [0.25, 0.3) is 0 Å². The Hall–Kier alpha value is -2.16. The molecule has 1 aliphatic heterocycles. The van der Waals surface area contributed by atoms with Crippen molar-refractivity contribution in [2.45, 2.75) is 18.4 Å². The van der Waals surface area contributed by atoms with E-state index in [0.29, 0.717) is 23.3 Å². The molecule has 0 saturated carbocycles. The van der Waals surface area contributed by atoms with Crippen LogP contribution in [-0.2, 0) is 21.3 Å². The van der Waals surface area contributed by atoms with Crippen LogP contribution in [0.5, 0.6) is 0 Å². The molecule has 0 spiro atoms. The van der Waals surface area contributed by atoms with Crippen molar-refractivity contribution in [1.82, 2.24) is 0 Å². The lowest BCUT2D eigenvalue weighted by Gasteiger charge is -2.10. The number of anilines is 1. The minimum Gasteiger partial charge on any atom is -0.423 e. The number of Topliss-reactive ketones (excluding diaryl/α,β-unsaturated/α-hetero) is 1. The highest BCUT2D eigenvalue weighted by Crippen LogP contribution is 2.19. The van der Waals surface area contributed by atoms with E-state index in [1.165, 1.54) is 31.2 Å². The van der Waals surface area contributed by atoms with Gasteiger partial charge in [-0.05, 0) is 42.2 Å². The molecule has 118 valence electrons. The summed E-state index contributed by atoms with van der Waals surface area (Å²) in [6.45, 7) is 1.72. The van der Waals surface area contributed by atoms with E-state index >= 15 is 0 Å². The Morgan fingerprint density at radius 3 is 2.57 bits per heavy atom. The van der Waals surface area contributed by atoms with Crippen molar-refractivity contribution in [2.24, 2.45) is 0 Å². The minimum absolute atomic E-state index is 0.0554. The maximum Gasteiger partial charge on any atom is 0.491 e. The van der Waals surface area contributed by atoms with Crippen LogP contribution < -0.4 is 10.2 Å². The van der Waals surface area contributed by atoms with Crippen molar-refractivity contribution in [3.8, 4) is 0 Å². The van der Waals surface area contributed by atoms with Gasteiger partial charge in [0.2, 0.25) is 0 Å². The Labute approximate surface area is 134 Å². The molecule has 0 atom stereocenters. The number of carbonyl (C=O) groups excluding carboxylic acids is 1. The Morgan fingerprint density at radius 1 is 1.22 bits per heavy atom. The molecule has 0 aliphatic carbocycles. The van der Waals surface area contributed by atoms with Crippen molar-refractivity contribution in [1.29, 1.82) is 0 Å². The van der Waals surface area contributed by atoms with Crippen LogP contribution in [0, 0.1) is 0 Å². The number of ketones is 1. The molecule has 2 N–H and O–H groups in total. The summed E-state index contributed by atoms with van der Waals surface area (Å²) in [7, 11) is -4.81. The van der Waals surface area contributed by atoms with Crippen LogP contribution in [0.2, 0.25) is 0 Å². The molecule has 0 unspecified atom stereocenters. The zero-order valence-electron chi connectivity index (χ0n) is 12.3. The summed E-state index contributed by atoms with van der Waals surface area (Å²) in [6.07, 6.45) is 0.